The van der Waals surface area contributed by atoms with Crippen LogP contribution in [0, 0.1) is 5.82 Å². The molecule has 0 saturated heterocycles. The second kappa shape index (κ2) is 3.52. The van der Waals surface area contributed by atoms with Crippen LogP contribution < -0.4 is 0 Å². The quantitative estimate of drug-likeness (QED) is 0.627. The van der Waals surface area contributed by atoms with Crippen molar-refractivity contribution in [1.82, 2.24) is 0 Å². The molecule has 0 atom stereocenters. The number of carbonyl (C=O) groups is 1. The Kier molecular flexibility index (Phi) is 2.74. The Hall–Kier alpha value is -1.18. The van der Waals surface area contributed by atoms with Gasteiger partial charge in [-0.25, -0.2) is 4.39 Å². The molecule has 1 aromatic rings. The lowest BCUT2D eigenvalue weighted by Gasteiger charge is -2.22. The zero-order chi connectivity index (χ0) is 10.9. The molecule has 0 unspecified atom stereocenters. The average molecular weight is 194 g/mol. The van der Waals surface area contributed by atoms with E-state index in [9.17, 15) is 9.18 Å². The van der Waals surface area contributed by atoms with E-state index in [1.54, 1.807) is 12.1 Å². The molecule has 0 radical (unpaired) electrons. The summed E-state index contributed by atoms with van der Waals surface area (Å²) in [5.41, 5.74) is 0.785. The van der Waals surface area contributed by atoms with Gasteiger partial charge < -0.3 is 0 Å². The van der Waals surface area contributed by atoms with Crippen molar-refractivity contribution < 1.29 is 9.18 Å². The first kappa shape index (κ1) is 10.9. The summed E-state index contributed by atoms with van der Waals surface area (Å²) in [5.74, 6) is -0.641. The molecule has 14 heavy (non-hydrogen) atoms. The van der Waals surface area contributed by atoms with Gasteiger partial charge in [-0.2, -0.15) is 0 Å². The van der Waals surface area contributed by atoms with Gasteiger partial charge in [-0.1, -0.05) is 32.9 Å². The van der Waals surface area contributed by atoms with Crippen LogP contribution in [-0.4, -0.2) is 5.78 Å². The van der Waals surface area contributed by atoms with Crippen molar-refractivity contribution in [3.8, 4) is 0 Å². The number of hydrogen-bond donors (Lipinski definition) is 0. The lowest BCUT2D eigenvalue weighted by molar-refractivity contribution is 0.101. The highest BCUT2D eigenvalue weighted by Crippen LogP contribution is 2.27. The molecule has 0 amide bonds. The predicted molar refractivity (Wildman–Crippen MR) is 55.1 cm³/mol. The molecule has 0 fully saturated rings. The molecule has 0 aliphatic carbocycles. The van der Waals surface area contributed by atoms with Crippen LogP contribution in [0.3, 0.4) is 0 Å². The second-order valence-electron chi connectivity index (χ2n) is 4.47. The first-order chi connectivity index (χ1) is 6.34. The van der Waals surface area contributed by atoms with E-state index in [2.05, 4.69) is 0 Å². The second-order valence-corrected chi connectivity index (χ2v) is 4.47. The number of rotatable bonds is 1. The summed E-state index contributed by atoms with van der Waals surface area (Å²) in [5, 5.41) is 0. The number of Topliss-reactive ketones (excluding diaryl/α,β-unsaturated/α-hetero) is 1. The molecule has 1 aromatic carbocycles. The predicted octanol–water partition coefficient (Wildman–Crippen LogP) is 3.33. The third-order valence-corrected chi connectivity index (χ3v) is 2.17. The van der Waals surface area contributed by atoms with E-state index < -0.39 is 5.82 Å². The zero-order valence-electron chi connectivity index (χ0n) is 9.02. The fourth-order valence-corrected chi connectivity index (χ4v) is 1.51. The average Bonchev–Trinajstić information content (AvgIpc) is 2.01. The van der Waals surface area contributed by atoms with Crippen molar-refractivity contribution in [2.45, 2.75) is 33.1 Å². The molecule has 1 nitrogen and oxygen atoms in total. The maximum Gasteiger partial charge on any atom is 0.163 e. The number of halogens is 1. The molecule has 0 heterocycles. The van der Waals surface area contributed by atoms with Crippen LogP contribution in [0.2, 0.25) is 0 Å². The van der Waals surface area contributed by atoms with E-state index in [0.29, 0.717) is 0 Å². The van der Waals surface area contributed by atoms with Gasteiger partial charge in [-0.05, 0) is 24.0 Å². The maximum absolute atomic E-state index is 13.4. The number of hydrogen-bond acceptors (Lipinski definition) is 1. The van der Waals surface area contributed by atoms with Crippen molar-refractivity contribution in [2.75, 3.05) is 0 Å². The van der Waals surface area contributed by atoms with E-state index in [4.69, 9.17) is 0 Å². The SMILES string of the molecule is CC(=O)c1c(F)cccc1C(C)(C)C. The fraction of sp³-hybridized carbons (Fsp3) is 0.417. The maximum atomic E-state index is 13.4. The smallest absolute Gasteiger partial charge is 0.163 e. The third-order valence-electron chi connectivity index (χ3n) is 2.17. The molecular formula is C12H15FO. The largest absolute Gasteiger partial charge is 0.294 e. The molecule has 0 bridgehead atoms. The molecular weight excluding hydrogens is 179 g/mol. The minimum Gasteiger partial charge on any atom is -0.294 e. The topological polar surface area (TPSA) is 17.1 Å². The molecule has 2 heteroatoms. The van der Waals surface area contributed by atoms with Gasteiger partial charge in [0.25, 0.3) is 0 Å². The first-order valence-corrected chi connectivity index (χ1v) is 4.64. The highest BCUT2D eigenvalue weighted by Gasteiger charge is 2.22. The van der Waals surface area contributed by atoms with E-state index in [0.717, 1.165) is 5.56 Å². The summed E-state index contributed by atoms with van der Waals surface area (Å²) in [6.07, 6.45) is 0. The van der Waals surface area contributed by atoms with Crippen molar-refractivity contribution in [1.29, 1.82) is 0 Å². The van der Waals surface area contributed by atoms with Gasteiger partial charge in [0.05, 0.1) is 5.56 Å². The molecule has 76 valence electrons. The van der Waals surface area contributed by atoms with E-state index >= 15 is 0 Å². The lowest BCUT2D eigenvalue weighted by Crippen LogP contribution is -2.17. The van der Waals surface area contributed by atoms with E-state index in [1.165, 1.54) is 13.0 Å². The first-order valence-electron chi connectivity index (χ1n) is 4.64. The number of ketones is 1. The number of carbonyl (C=O) groups excluding carboxylic acids is 1. The Morgan fingerprint density at radius 1 is 1.29 bits per heavy atom. The van der Waals surface area contributed by atoms with Gasteiger partial charge in [0.15, 0.2) is 5.78 Å². The van der Waals surface area contributed by atoms with Crippen molar-refractivity contribution in [2.24, 2.45) is 0 Å². The zero-order valence-corrected chi connectivity index (χ0v) is 9.02. The molecule has 1 rings (SSSR count). The van der Waals surface area contributed by atoms with Gasteiger partial charge in [-0.3, -0.25) is 4.79 Å². The van der Waals surface area contributed by atoms with Crippen molar-refractivity contribution >= 4 is 5.78 Å². The van der Waals surface area contributed by atoms with Crippen molar-refractivity contribution in [3.63, 3.8) is 0 Å². The minimum absolute atomic E-state index is 0.205. The minimum atomic E-state index is -0.426. The van der Waals surface area contributed by atoms with Crippen LogP contribution >= 0.6 is 0 Å². The fourth-order valence-electron chi connectivity index (χ4n) is 1.51. The Balaban J connectivity index is 3.44. The van der Waals surface area contributed by atoms with E-state index in [-0.39, 0.29) is 16.8 Å². The highest BCUT2D eigenvalue weighted by molar-refractivity contribution is 5.96. The lowest BCUT2D eigenvalue weighted by atomic mass is 9.82. The van der Waals surface area contributed by atoms with Crippen LogP contribution in [0.1, 0.15) is 43.6 Å². The Labute approximate surface area is 83.9 Å². The summed E-state index contributed by atoms with van der Waals surface area (Å²) >= 11 is 0. The molecule has 0 spiro atoms. The van der Waals surface area contributed by atoms with Crippen molar-refractivity contribution in [3.05, 3.63) is 35.1 Å². The van der Waals surface area contributed by atoms with Crippen LogP contribution in [0.25, 0.3) is 0 Å². The van der Waals surface area contributed by atoms with Crippen LogP contribution in [0.4, 0.5) is 4.39 Å². The Morgan fingerprint density at radius 3 is 2.21 bits per heavy atom. The normalized spacial score (nSPS) is 11.5. The molecule has 0 N–H and O–H groups in total. The third kappa shape index (κ3) is 2.00. The molecule has 0 saturated carbocycles. The number of benzene rings is 1. The Morgan fingerprint density at radius 2 is 1.86 bits per heavy atom. The van der Waals surface area contributed by atoms with Gasteiger partial charge in [-0.15, -0.1) is 0 Å². The molecule has 0 aromatic heterocycles. The highest BCUT2D eigenvalue weighted by atomic mass is 19.1. The summed E-state index contributed by atoms with van der Waals surface area (Å²) in [7, 11) is 0. The molecule has 0 aliphatic rings. The summed E-state index contributed by atoms with van der Waals surface area (Å²) < 4.78 is 13.4. The van der Waals surface area contributed by atoms with Crippen LogP contribution in [-0.2, 0) is 5.41 Å². The Bertz CT molecular complexity index is 361. The van der Waals surface area contributed by atoms with Gasteiger partial charge >= 0.3 is 0 Å². The van der Waals surface area contributed by atoms with Crippen LogP contribution in [0.5, 0.6) is 0 Å². The summed E-state index contributed by atoms with van der Waals surface area (Å²) in [6, 6.07) is 4.77. The monoisotopic (exact) mass is 194 g/mol. The standard InChI is InChI=1S/C12H15FO/c1-8(14)11-9(12(2,3)4)6-5-7-10(11)13/h5-7H,1-4H3. The molecule has 0 aliphatic heterocycles. The van der Waals surface area contributed by atoms with E-state index in [1.807, 2.05) is 20.8 Å². The summed E-state index contributed by atoms with van der Waals surface area (Å²) in [4.78, 5) is 11.3. The van der Waals surface area contributed by atoms with Gasteiger partial charge in [0.2, 0.25) is 0 Å². The van der Waals surface area contributed by atoms with Crippen LogP contribution in [0.15, 0.2) is 18.2 Å². The van der Waals surface area contributed by atoms with Gasteiger partial charge in [0.1, 0.15) is 5.82 Å². The summed E-state index contributed by atoms with van der Waals surface area (Å²) in [6.45, 7) is 7.30. The van der Waals surface area contributed by atoms with Gasteiger partial charge in [0, 0.05) is 0 Å².